The lowest BCUT2D eigenvalue weighted by Gasteiger charge is -2.32. The smallest absolute Gasteiger partial charge is 0.263 e. The number of fused-ring (bicyclic) bond motifs is 1. The van der Waals surface area contributed by atoms with E-state index in [-0.39, 0.29) is 11.4 Å². The van der Waals surface area contributed by atoms with E-state index in [1.165, 1.54) is 11.3 Å². The first-order valence-electron chi connectivity index (χ1n) is 6.55. The van der Waals surface area contributed by atoms with Crippen LogP contribution in [0.15, 0.2) is 24.3 Å². The summed E-state index contributed by atoms with van der Waals surface area (Å²) in [6.45, 7) is 4.75. The second kappa shape index (κ2) is 5.42. The number of nitrogens with one attached hydrogen (secondary N) is 1. The van der Waals surface area contributed by atoms with E-state index in [2.05, 4.69) is 24.1 Å². The van der Waals surface area contributed by atoms with Crippen LogP contribution in [0.2, 0.25) is 0 Å². The van der Waals surface area contributed by atoms with Gasteiger partial charge in [0.2, 0.25) is 0 Å². The highest BCUT2D eigenvalue weighted by Gasteiger charge is 2.23. The van der Waals surface area contributed by atoms with E-state index >= 15 is 0 Å². The number of amides is 1. The summed E-state index contributed by atoms with van der Waals surface area (Å²) in [5.41, 5.74) is 6.56. The number of nitrogens with two attached hydrogens (primary N) is 1. The number of carbonyl (C=O) groups excluding carboxylic acids is 1. The second-order valence-corrected chi connectivity index (χ2v) is 6.78. The molecule has 2 aromatic rings. The average Bonchev–Trinajstić information content (AvgIpc) is 2.74. The van der Waals surface area contributed by atoms with E-state index in [0.717, 1.165) is 10.1 Å². The molecule has 1 amide bonds. The molecule has 0 radical (unpaired) electrons. The van der Waals surface area contributed by atoms with Crippen molar-refractivity contribution in [2.75, 3.05) is 26.4 Å². The highest BCUT2D eigenvalue weighted by atomic mass is 32.1. The largest absolute Gasteiger partial charge is 0.397 e. The molecule has 0 unspecified atom stereocenters. The number of thiophene rings is 1. The fourth-order valence-electron chi connectivity index (χ4n) is 1.77. The van der Waals surface area contributed by atoms with Crippen molar-refractivity contribution < 1.29 is 4.79 Å². The summed E-state index contributed by atoms with van der Waals surface area (Å²) >= 11 is 1.44. The molecule has 0 aliphatic heterocycles. The predicted octanol–water partition coefficient (Wildman–Crippen LogP) is 2.55. The van der Waals surface area contributed by atoms with Crippen molar-refractivity contribution in [2.45, 2.75) is 19.4 Å². The Balaban J connectivity index is 2.18. The lowest BCUT2D eigenvalue weighted by Crippen LogP contribution is -2.48. The molecule has 1 aromatic heterocycles. The summed E-state index contributed by atoms with van der Waals surface area (Å²) in [5.74, 6) is -0.0985. The number of benzene rings is 1. The molecular formula is C15H21N3OS. The zero-order chi connectivity index (χ0) is 14.9. The SMILES string of the molecule is CN(C)C(C)(C)CNC(=O)c1sc2ccccc2c1N. The number of likely N-dealkylation sites (N-methyl/N-ethyl adjacent to an activating group) is 1. The van der Waals surface area contributed by atoms with Gasteiger partial charge in [-0.15, -0.1) is 11.3 Å². The van der Waals surface area contributed by atoms with Gasteiger partial charge in [0.1, 0.15) is 4.88 Å². The van der Waals surface area contributed by atoms with Gasteiger partial charge in [-0.05, 0) is 34.0 Å². The maximum absolute atomic E-state index is 12.3. The van der Waals surface area contributed by atoms with E-state index in [0.29, 0.717) is 17.1 Å². The topological polar surface area (TPSA) is 58.4 Å². The predicted molar refractivity (Wildman–Crippen MR) is 86.3 cm³/mol. The maximum Gasteiger partial charge on any atom is 0.263 e. The van der Waals surface area contributed by atoms with Crippen molar-refractivity contribution in [1.29, 1.82) is 0 Å². The number of rotatable bonds is 4. The Kier molecular flexibility index (Phi) is 4.01. The van der Waals surface area contributed by atoms with Gasteiger partial charge >= 0.3 is 0 Å². The third-order valence-electron chi connectivity index (χ3n) is 3.73. The fourth-order valence-corrected chi connectivity index (χ4v) is 2.81. The van der Waals surface area contributed by atoms with Crippen LogP contribution in [0.25, 0.3) is 10.1 Å². The zero-order valence-corrected chi connectivity index (χ0v) is 13.2. The second-order valence-electron chi connectivity index (χ2n) is 5.73. The molecule has 1 heterocycles. The van der Waals surface area contributed by atoms with Gasteiger partial charge in [-0.3, -0.25) is 4.79 Å². The Bertz CT molecular complexity index is 631. The minimum Gasteiger partial charge on any atom is -0.397 e. The van der Waals surface area contributed by atoms with Gasteiger partial charge in [-0.2, -0.15) is 0 Å². The van der Waals surface area contributed by atoms with Gasteiger partial charge in [-0.1, -0.05) is 18.2 Å². The minimum absolute atomic E-state index is 0.0961. The molecule has 2 rings (SSSR count). The van der Waals surface area contributed by atoms with Crippen molar-refractivity contribution in [1.82, 2.24) is 10.2 Å². The molecule has 108 valence electrons. The summed E-state index contributed by atoms with van der Waals surface area (Å²) in [7, 11) is 4.00. The molecule has 0 spiro atoms. The molecule has 0 bridgehead atoms. The number of nitrogen functional groups attached to an aromatic ring is 1. The normalized spacial score (nSPS) is 12.1. The molecule has 1 aromatic carbocycles. The van der Waals surface area contributed by atoms with Crippen molar-refractivity contribution in [3.63, 3.8) is 0 Å². The average molecular weight is 291 g/mol. The van der Waals surface area contributed by atoms with Gasteiger partial charge in [0, 0.05) is 22.2 Å². The lowest BCUT2D eigenvalue weighted by molar-refractivity contribution is 0.0924. The van der Waals surface area contributed by atoms with Crippen LogP contribution in [0.4, 0.5) is 5.69 Å². The van der Waals surface area contributed by atoms with Gasteiger partial charge in [0.05, 0.1) is 5.69 Å². The van der Waals surface area contributed by atoms with Crippen LogP contribution in [0.1, 0.15) is 23.5 Å². The van der Waals surface area contributed by atoms with Gasteiger partial charge in [0.25, 0.3) is 5.91 Å². The summed E-state index contributed by atoms with van der Waals surface area (Å²) in [6, 6.07) is 7.82. The first kappa shape index (κ1) is 14.8. The van der Waals surface area contributed by atoms with Crippen LogP contribution in [-0.4, -0.2) is 37.0 Å². The van der Waals surface area contributed by atoms with Crippen molar-refractivity contribution >= 4 is 33.0 Å². The first-order chi connectivity index (χ1) is 9.33. The third kappa shape index (κ3) is 2.78. The van der Waals surface area contributed by atoms with Crippen LogP contribution in [0.3, 0.4) is 0 Å². The monoisotopic (exact) mass is 291 g/mol. The van der Waals surface area contributed by atoms with E-state index in [1.807, 2.05) is 38.4 Å². The van der Waals surface area contributed by atoms with Crippen LogP contribution in [-0.2, 0) is 0 Å². The lowest BCUT2D eigenvalue weighted by atomic mass is 10.0. The zero-order valence-electron chi connectivity index (χ0n) is 12.4. The summed E-state index contributed by atoms with van der Waals surface area (Å²) < 4.78 is 1.04. The molecule has 0 aliphatic rings. The summed E-state index contributed by atoms with van der Waals surface area (Å²) in [4.78, 5) is 15.0. The molecule has 0 saturated heterocycles. The maximum atomic E-state index is 12.3. The molecule has 0 aliphatic carbocycles. The van der Waals surface area contributed by atoms with Gasteiger partial charge in [-0.25, -0.2) is 0 Å². The minimum atomic E-state index is -0.0985. The first-order valence-corrected chi connectivity index (χ1v) is 7.37. The van der Waals surface area contributed by atoms with Crippen LogP contribution < -0.4 is 11.1 Å². The Morgan fingerprint density at radius 2 is 2.00 bits per heavy atom. The molecule has 0 saturated carbocycles. The quantitative estimate of drug-likeness (QED) is 0.910. The number of hydrogen-bond acceptors (Lipinski definition) is 4. The molecule has 5 heteroatoms. The molecule has 0 atom stereocenters. The van der Waals surface area contributed by atoms with Crippen molar-refractivity contribution in [3.8, 4) is 0 Å². The van der Waals surface area contributed by atoms with E-state index in [1.54, 1.807) is 0 Å². The number of carbonyl (C=O) groups is 1. The number of hydrogen-bond donors (Lipinski definition) is 2. The van der Waals surface area contributed by atoms with Crippen LogP contribution in [0.5, 0.6) is 0 Å². The van der Waals surface area contributed by atoms with E-state index in [4.69, 9.17) is 5.73 Å². The summed E-state index contributed by atoms with van der Waals surface area (Å²) in [5, 5.41) is 3.93. The Morgan fingerprint density at radius 3 is 2.60 bits per heavy atom. The van der Waals surface area contributed by atoms with Gasteiger partial charge < -0.3 is 16.0 Å². The Labute approximate surface area is 123 Å². The van der Waals surface area contributed by atoms with Crippen LogP contribution in [0, 0.1) is 0 Å². The van der Waals surface area contributed by atoms with E-state index < -0.39 is 0 Å². The standard InChI is InChI=1S/C15H21N3OS/c1-15(2,18(3)4)9-17-14(19)13-12(16)10-7-5-6-8-11(10)20-13/h5-8H,9,16H2,1-4H3,(H,17,19). The number of nitrogens with zero attached hydrogens (tertiary/aromatic N) is 1. The number of anilines is 1. The molecule has 0 fully saturated rings. The summed E-state index contributed by atoms with van der Waals surface area (Å²) in [6.07, 6.45) is 0. The molecule has 20 heavy (non-hydrogen) atoms. The molecular weight excluding hydrogens is 270 g/mol. The third-order valence-corrected chi connectivity index (χ3v) is 4.92. The van der Waals surface area contributed by atoms with Crippen LogP contribution >= 0.6 is 11.3 Å². The highest BCUT2D eigenvalue weighted by Crippen LogP contribution is 2.33. The van der Waals surface area contributed by atoms with E-state index in [9.17, 15) is 4.79 Å². The molecule has 3 N–H and O–H groups in total. The molecule has 4 nitrogen and oxygen atoms in total. The van der Waals surface area contributed by atoms with Gasteiger partial charge in [0.15, 0.2) is 0 Å². The fraction of sp³-hybridized carbons (Fsp3) is 0.400. The Morgan fingerprint density at radius 1 is 1.35 bits per heavy atom. The Hall–Kier alpha value is -1.59. The highest BCUT2D eigenvalue weighted by molar-refractivity contribution is 7.21. The van der Waals surface area contributed by atoms with Crippen molar-refractivity contribution in [3.05, 3.63) is 29.1 Å². The van der Waals surface area contributed by atoms with Crippen molar-refractivity contribution in [2.24, 2.45) is 0 Å².